The molecule has 4 aromatic rings. The lowest BCUT2D eigenvalue weighted by atomic mass is 9.61. The van der Waals surface area contributed by atoms with E-state index in [4.69, 9.17) is 21.1 Å². The van der Waals surface area contributed by atoms with E-state index in [0.717, 1.165) is 70.0 Å². The van der Waals surface area contributed by atoms with Gasteiger partial charge in [-0.05, 0) is 86.4 Å². The van der Waals surface area contributed by atoms with Gasteiger partial charge in [0.25, 0.3) is 0 Å². The minimum Gasteiger partial charge on any atom is -0.506 e. The molecule has 2 aliphatic carbocycles. The average molecular weight is 787 g/mol. The Balaban J connectivity index is 0.853. The zero-order valence-corrected chi connectivity index (χ0v) is 32.4. The van der Waals surface area contributed by atoms with Crippen molar-refractivity contribution in [3.8, 4) is 11.5 Å². The van der Waals surface area contributed by atoms with Crippen LogP contribution in [-0.2, 0) is 26.5 Å². The van der Waals surface area contributed by atoms with Gasteiger partial charge in [-0.2, -0.15) is 0 Å². The summed E-state index contributed by atoms with van der Waals surface area (Å²) < 4.78 is 11.6. The molecule has 298 valence electrons. The maximum absolute atomic E-state index is 13.5. The van der Waals surface area contributed by atoms with E-state index in [1.54, 1.807) is 24.3 Å². The smallest absolute Gasteiger partial charge is 0.343 e. The Morgan fingerprint density at radius 1 is 1.05 bits per heavy atom. The van der Waals surface area contributed by atoms with E-state index in [-0.39, 0.29) is 46.7 Å². The molecule has 1 spiro atoms. The number of aliphatic hydroxyl groups excluding tert-OH is 1. The third-order valence-electron chi connectivity index (χ3n) is 12.2. The van der Waals surface area contributed by atoms with Crippen molar-refractivity contribution >= 4 is 40.1 Å². The number of halogens is 1. The first-order valence-electron chi connectivity index (χ1n) is 19.6. The number of methoxy groups -OCH3 is 1. The number of benzene rings is 3. The van der Waals surface area contributed by atoms with Gasteiger partial charge in [0.2, 0.25) is 11.5 Å². The number of aromatic amines is 1. The summed E-state index contributed by atoms with van der Waals surface area (Å²) in [5.74, 6) is -0.357. The number of carbonyl (C=O) groups excluding carboxylic acids is 2. The zero-order chi connectivity index (χ0) is 39.5. The van der Waals surface area contributed by atoms with E-state index in [1.165, 1.54) is 19.2 Å². The molecular formula is C43H51ClN4O8. The van der Waals surface area contributed by atoms with Gasteiger partial charge in [0.15, 0.2) is 5.60 Å². The number of anilines is 1. The molecule has 13 heteroatoms. The van der Waals surface area contributed by atoms with Crippen LogP contribution in [0.3, 0.4) is 0 Å². The molecular weight excluding hydrogens is 736 g/mol. The van der Waals surface area contributed by atoms with Crippen LogP contribution in [0, 0.1) is 11.3 Å². The summed E-state index contributed by atoms with van der Waals surface area (Å²) in [7, 11) is 1.54. The second kappa shape index (κ2) is 17.0. The van der Waals surface area contributed by atoms with Crippen LogP contribution >= 0.6 is 11.6 Å². The molecule has 1 saturated heterocycles. The lowest BCUT2D eigenvalue weighted by Crippen LogP contribution is -2.53. The normalized spacial score (nSPS) is 19.0. The number of rotatable bonds is 14. The number of aliphatic hydroxyl groups is 2. The number of carbonyl (C=O) groups is 2. The van der Waals surface area contributed by atoms with Gasteiger partial charge < -0.3 is 45.3 Å². The molecule has 12 nitrogen and oxygen atoms in total. The van der Waals surface area contributed by atoms with E-state index in [1.807, 2.05) is 30.3 Å². The van der Waals surface area contributed by atoms with Gasteiger partial charge in [-0.25, -0.2) is 4.79 Å². The Bertz CT molecular complexity index is 2090. The molecule has 1 aliphatic heterocycles. The number of nitrogens with one attached hydrogen (secondary N) is 3. The van der Waals surface area contributed by atoms with Crippen molar-refractivity contribution in [2.75, 3.05) is 38.6 Å². The molecule has 2 atom stereocenters. The Labute approximate surface area is 331 Å². The fourth-order valence-electron chi connectivity index (χ4n) is 8.94. The molecule has 6 N–H and O–H groups in total. The van der Waals surface area contributed by atoms with Crippen LogP contribution in [0.2, 0.25) is 5.02 Å². The first-order chi connectivity index (χ1) is 27.0. The number of phenolic OH excluding ortho intramolecular Hbond substituents is 1. The summed E-state index contributed by atoms with van der Waals surface area (Å²) in [6.07, 6.45) is 6.37. The highest BCUT2D eigenvalue weighted by Crippen LogP contribution is 2.51. The zero-order valence-electron chi connectivity index (χ0n) is 31.7. The number of fused-ring (bicyclic) bond motifs is 1. The van der Waals surface area contributed by atoms with Crippen molar-refractivity contribution in [1.82, 2.24) is 15.2 Å². The summed E-state index contributed by atoms with van der Waals surface area (Å²) in [6, 6.07) is 18.6. The molecule has 1 unspecified atom stereocenters. The highest BCUT2D eigenvalue weighted by molar-refractivity contribution is 6.33. The van der Waals surface area contributed by atoms with E-state index in [2.05, 4.69) is 20.5 Å². The minimum absolute atomic E-state index is 0.0770. The number of amides is 1. The van der Waals surface area contributed by atoms with E-state index >= 15 is 0 Å². The molecule has 3 aromatic carbocycles. The third-order valence-corrected chi connectivity index (χ3v) is 12.5. The number of esters is 1. The second-order valence-electron chi connectivity index (χ2n) is 15.8. The highest BCUT2D eigenvalue weighted by Gasteiger charge is 2.52. The van der Waals surface area contributed by atoms with Crippen LogP contribution in [0.4, 0.5) is 5.69 Å². The molecule has 0 radical (unpaired) electrons. The number of hydrogen-bond donors (Lipinski definition) is 6. The van der Waals surface area contributed by atoms with Gasteiger partial charge in [-0.15, -0.1) is 0 Å². The van der Waals surface area contributed by atoms with E-state index in [0.29, 0.717) is 52.5 Å². The minimum atomic E-state index is -1.61. The Morgan fingerprint density at radius 2 is 1.79 bits per heavy atom. The lowest BCUT2D eigenvalue weighted by molar-refractivity contribution is -0.192. The van der Waals surface area contributed by atoms with Crippen LogP contribution in [0.1, 0.15) is 80.6 Å². The van der Waals surface area contributed by atoms with Crippen LogP contribution in [0.25, 0.3) is 10.9 Å². The number of piperidine rings is 1. The Morgan fingerprint density at radius 3 is 2.50 bits per heavy atom. The van der Waals surface area contributed by atoms with Gasteiger partial charge in [0.1, 0.15) is 17.6 Å². The van der Waals surface area contributed by atoms with Gasteiger partial charge in [-0.1, -0.05) is 60.8 Å². The number of pyridine rings is 1. The van der Waals surface area contributed by atoms with Crippen LogP contribution < -0.4 is 20.9 Å². The third kappa shape index (κ3) is 8.45. The predicted octanol–water partition coefficient (Wildman–Crippen LogP) is 5.91. The molecule has 56 heavy (non-hydrogen) atoms. The van der Waals surface area contributed by atoms with Crippen molar-refractivity contribution in [3.63, 3.8) is 0 Å². The fourth-order valence-corrected chi connectivity index (χ4v) is 9.17. The van der Waals surface area contributed by atoms with Crippen molar-refractivity contribution in [2.24, 2.45) is 11.3 Å². The SMILES string of the molecule is COc1cc(NC(=O)CCN2CCC3(CC2)CC(OC(=O)C(O)(c2ccccc2)C2CCCC2)C3)c(Cl)cc1CNC[C@H](O)c1ccc(O)c2[nH]c(=O)ccc12. The topological polar surface area (TPSA) is 173 Å². The Hall–Kier alpha value is -4.46. The first kappa shape index (κ1) is 39.8. The van der Waals surface area contributed by atoms with Gasteiger partial charge in [0, 0.05) is 55.1 Å². The van der Waals surface area contributed by atoms with Gasteiger partial charge >= 0.3 is 5.97 Å². The van der Waals surface area contributed by atoms with Crippen LogP contribution in [0.5, 0.6) is 11.5 Å². The molecule has 0 bridgehead atoms. The summed E-state index contributed by atoms with van der Waals surface area (Å²) in [5, 5.41) is 39.9. The maximum Gasteiger partial charge on any atom is 0.343 e. The summed E-state index contributed by atoms with van der Waals surface area (Å²) in [5.41, 5.74) is 0.783. The summed E-state index contributed by atoms with van der Waals surface area (Å²) in [4.78, 5) is 43.2. The number of aromatic nitrogens is 1. The van der Waals surface area contributed by atoms with Crippen LogP contribution in [-0.4, -0.2) is 76.5 Å². The first-order valence-corrected chi connectivity index (χ1v) is 20.0. The predicted molar refractivity (Wildman–Crippen MR) is 214 cm³/mol. The van der Waals surface area contributed by atoms with Crippen molar-refractivity contribution in [2.45, 2.75) is 82.1 Å². The van der Waals surface area contributed by atoms with Gasteiger partial charge in [-0.3, -0.25) is 9.59 Å². The maximum atomic E-state index is 13.5. The molecule has 2 heterocycles. The van der Waals surface area contributed by atoms with E-state index < -0.39 is 17.7 Å². The second-order valence-corrected chi connectivity index (χ2v) is 16.2. The largest absolute Gasteiger partial charge is 0.506 e. The lowest BCUT2D eigenvalue weighted by Gasteiger charge is -2.52. The number of aromatic hydroxyl groups is 1. The molecule has 7 rings (SSSR count). The average Bonchev–Trinajstić information content (AvgIpc) is 3.74. The summed E-state index contributed by atoms with van der Waals surface area (Å²) in [6.45, 7) is 2.81. The van der Waals surface area contributed by atoms with Crippen molar-refractivity contribution in [1.29, 1.82) is 0 Å². The van der Waals surface area contributed by atoms with Gasteiger partial charge in [0.05, 0.1) is 29.4 Å². The highest BCUT2D eigenvalue weighted by atomic mass is 35.5. The monoisotopic (exact) mass is 786 g/mol. The molecule has 1 amide bonds. The Kier molecular flexibility index (Phi) is 12.0. The number of nitrogens with zero attached hydrogens (tertiary/aromatic N) is 1. The number of likely N-dealkylation sites (tertiary alicyclic amines) is 1. The summed E-state index contributed by atoms with van der Waals surface area (Å²) >= 11 is 6.61. The number of phenols is 1. The van der Waals surface area contributed by atoms with Crippen molar-refractivity contribution < 1.29 is 34.4 Å². The molecule has 3 aliphatic rings. The molecule has 3 fully saturated rings. The molecule has 2 saturated carbocycles. The number of hydrogen-bond acceptors (Lipinski definition) is 10. The number of H-pyrrole nitrogens is 1. The van der Waals surface area contributed by atoms with Crippen LogP contribution in [0.15, 0.2) is 71.5 Å². The molecule has 1 aromatic heterocycles. The number of ether oxygens (including phenoxy) is 2. The van der Waals surface area contributed by atoms with E-state index in [9.17, 15) is 29.7 Å². The van der Waals surface area contributed by atoms with Crippen molar-refractivity contribution in [3.05, 3.63) is 98.8 Å². The quantitative estimate of drug-likeness (QED) is 0.0844. The fraction of sp³-hybridized carbons (Fsp3) is 0.465. The standard InChI is InChI=1S/C43H51ClN4O8/c1-55-37-22-34(33(44)21-27(37)25-45-26-36(50)31-11-13-35(49)40-32(31)12-14-38(51)47-40)46-39(52)15-18-48-19-16-42(17-20-48)23-30(24-42)56-41(53)43(54,29-9-5-6-10-29)28-7-3-2-4-8-28/h2-4,7-8,11-14,21-22,29-30,36,45,49-50,54H,5-6,9-10,15-20,23-26H2,1H3,(H,46,52)(H,47,51)/t36-,43?/m0/s1.